The predicted molar refractivity (Wildman–Crippen MR) is 88.5 cm³/mol. The molecule has 0 N–H and O–H groups in total. The van der Waals surface area contributed by atoms with E-state index in [1.807, 2.05) is 0 Å². The summed E-state index contributed by atoms with van der Waals surface area (Å²) in [4.78, 5) is 17.1. The lowest BCUT2D eigenvalue weighted by Gasteiger charge is -2.16. The Morgan fingerprint density at radius 1 is 1.19 bits per heavy atom. The lowest BCUT2D eigenvalue weighted by atomic mass is 10.1. The number of carbonyl (C=O) groups is 1. The maximum atomic E-state index is 14.5. The molecule has 27 heavy (non-hydrogen) atoms. The van der Waals surface area contributed by atoms with Crippen LogP contribution in [0, 0.1) is 5.82 Å². The molecule has 140 valence electrons. The number of fused-ring (bicyclic) bond motifs is 1. The van der Waals surface area contributed by atoms with E-state index >= 15 is 0 Å². The number of rotatable bonds is 3. The van der Waals surface area contributed by atoms with Crippen molar-refractivity contribution in [2.75, 3.05) is 6.54 Å². The molecular formula is C18H14F4N4O. The molecule has 0 atom stereocenters. The number of nitrogens with zero attached hydrogens (tertiary/aromatic N) is 4. The summed E-state index contributed by atoms with van der Waals surface area (Å²) in [5.41, 5.74) is -0.462. The number of hydrogen-bond acceptors (Lipinski definition) is 3. The summed E-state index contributed by atoms with van der Waals surface area (Å²) < 4.78 is 55.3. The molecule has 1 aliphatic heterocycles. The zero-order valence-electron chi connectivity index (χ0n) is 14.0. The molecule has 5 nitrogen and oxygen atoms in total. The lowest BCUT2D eigenvalue weighted by Crippen LogP contribution is -2.24. The number of aromatic nitrogens is 3. The first-order valence-corrected chi connectivity index (χ1v) is 8.31. The molecule has 0 saturated carbocycles. The van der Waals surface area contributed by atoms with Crippen molar-refractivity contribution in [3.8, 4) is 5.69 Å². The van der Waals surface area contributed by atoms with Crippen molar-refractivity contribution < 1.29 is 22.4 Å². The lowest BCUT2D eigenvalue weighted by molar-refractivity contribution is -0.140. The Labute approximate surface area is 151 Å². The van der Waals surface area contributed by atoms with Gasteiger partial charge in [-0.1, -0.05) is 6.07 Å². The van der Waals surface area contributed by atoms with Crippen molar-refractivity contribution in [3.05, 3.63) is 53.7 Å². The molecule has 4 rings (SSSR count). The van der Waals surface area contributed by atoms with Gasteiger partial charge in [-0.3, -0.25) is 9.78 Å². The fraction of sp³-hybridized carbons (Fsp3) is 0.278. The van der Waals surface area contributed by atoms with Gasteiger partial charge in [-0.15, -0.1) is 0 Å². The van der Waals surface area contributed by atoms with Crippen molar-refractivity contribution in [2.24, 2.45) is 0 Å². The number of pyridine rings is 1. The van der Waals surface area contributed by atoms with Gasteiger partial charge in [0.15, 0.2) is 5.69 Å². The van der Waals surface area contributed by atoms with Crippen LogP contribution in [0.5, 0.6) is 0 Å². The molecule has 1 aromatic carbocycles. The van der Waals surface area contributed by atoms with E-state index in [2.05, 4.69) is 10.1 Å². The van der Waals surface area contributed by atoms with Crippen LogP contribution in [-0.4, -0.2) is 32.1 Å². The molecule has 2 aromatic heterocycles. The number of hydrogen-bond donors (Lipinski definition) is 0. The van der Waals surface area contributed by atoms with E-state index in [-0.39, 0.29) is 29.0 Å². The first-order valence-electron chi connectivity index (χ1n) is 8.31. The maximum absolute atomic E-state index is 14.5. The Bertz CT molecular complexity index is 1030. The number of benzene rings is 1. The van der Waals surface area contributed by atoms with Crippen LogP contribution in [0.2, 0.25) is 0 Å². The van der Waals surface area contributed by atoms with Crippen LogP contribution in [-0.2, 0) is 17.5 Å². The van der Waals surface area contributed by atoms with Gasteiger partial charge in [-0.05, 0) is 24.6 Å². The van der Waals surface area contributed by atoms with Crippen molar-refractivity contribution in [1.29, 1.82) is 0 Å². The van der Waals surface area contributed by atoms with E-state index in [0.29, 0.717) is 18.5 Å². The van der Waals surface area contributed by atoms with Crippen LogP contribution in [0.3, 0.4) is 0 Å². The third-order valence-electron chi connectivity index (χ3n) is 4.57. The Morgan fingerprint density at radius 2 is 2.00 bits per heavy atom. The van der Waals surface area contributed by atoms with Gasteiger partial charge >= 0.3 is 6.18 Å². The van der Waals surface area contributed by atoms with E-state index in [1.165, 1.54) is 30.6 Å². The van der Waals surface area contributed by atoms with E-state index in [1.54, 1.807) is 4.90 Å². The van der Waals surface area contributed by atoms with Crippen molar-refractivity contribution in [1.82, 2.24) is 19.7 Å². The number of amides is 1. The zero-order valence-corrected chi connectivity index (χ0v) is 14.0. The minimum Gasteiger partial charge on any atom is -0.338 e. The standard InChI is InChI=1S/C18H14F4N4O/c19-14-8-12(4-3-11(14)10-25-7-1-2-16(25)27)26-15-9-23-6-5-13(15)17(24-26)18(20,21)22/h3-6,8-9H,1-2,7,10H2. The molecule has 3 aromatic rings. The molecule has 1 fully saturated rings. The average molecular weight is 378 g/mol. The van der Waals surface area contributed by atoms with Crippen LogP contribution >= 0.6 is 0 Å². The highest BCUT2D eigenvalue weighted by molar-refractivity contribution is 5.83. The minimum absolute atomic E-state index is 0.0301. The molecular weight excluding hydrogens is 364 g/mol. The SMILES string of the molecule is O=C1CCCN1Cc1ccc(-n2nc(C(F)(F)F)c3ccncc32)cc1F. The summed E-state index contributed by atoms with van der Waals surface area (Å²) in [5, 5.41) is 3.53. The monoisotopic (exact) mass is 378 g/mol. The molecule has 3 heterocycles. The van der Waals surface area contributed by atoms with Crippen LogP contribution in [0.15, 0.2) is 36.7 Å². The fourth-order valence-electron chi connectivity index (χ4n) is 3.24. The normalized spacial score (nSPS) is 15.1. The Kier molecular flexibility index (Phi) is 4.09. The largest absolute Gasteiger partial charge is 0.435 e. The number of alkyl halides is 3. The van der Waals surface area contributed by atoms with Crippen molar-refractivity contribution in [2.45, 2.75) is 25.6 Å². The smallest absolute Gasteiger partial charge is 0.338 e. The maximum Gasteiger partial charge on any atom is 0.435 e. The highest BCUT2D eigenvalue weighted by Crippen LogP contribution is 2.34. The Morgan fingerprint density at radius 3 is 2.67 bits per heavy atom. The Hall–Kier alpha value is -2.97. The number of carbonyl (C=O) groups excluding carboxylic acids is 1. The molecule has 0 bridgehead atoms. The van der Waals surface area contributed by atoms with Gasteiger partial charge in [0, 0.05) is 36.7 Å². The van der Waals surface area contributed by atoms with Gasteiger partial charge in [-0.2, -0.15) is 18.3 Å². The summed E-state index contributed by atoms with van der Waals surface area (Å²) in [6, 6.07) is 5.30. The first kappa shape index (κ1) is 17.4. The van der Waals surface area contributed by atoms with Gasteiger partial charge in [0.05, 0.1) is 17.4 Å². The van der Waals surface area contributed by atoms with E-state index in [4.69, 9.17) is 0 Å². The fourth-order valence-corrected chi connectivity index (χ4v) is 3.24. The zero-order chi connectivity index (χ0) is 19.2. The molecule has 1 aliphatic rings. The molecule has 9 heteroatoms. The third kappa shape index (κ3) is 3.13. The van der Waals surface area contributed by atoms with Crippen molar-refractivity contribution in [3.63, 3.8) is 0 Å². The third-order valence-corrected chi connectivity index (χ3v) is 4.57. The summed E-state index contributed by atoms with van der Waals surface area (Å²) in [5.74, 6) is -0.634. The summed E-state index contributed by atoms with van der Waals surface area (Å²) >= 11 is 0. The second-order valence-corrected chi connectivity index (χ2v) is 6.35. The molecule has 0 aliphatic carbocycles. The summed E-state index contributed by atoms with van der Waals surface area (Å²) in [7, 11) is 0. The minimum atomic E-state index is -4.64. The second-order valence-electron chi connectivity index (χ2n) is 6.35. The van der Waals surface area contributed by atoms with Gasteiger partial charge in [0.1, 0.15) is 5.82 Å². The number of halogens is 4. The van der Waals surface area contributed by atoms with Gasteiger partial charge in [0.2, 0.25) is 5.91 Å². The highest BCUT2D eigenvalue weighted by atomic mass is 19.4. The molecule has 0 unspecified atom stereocenters. The molecule has 0 spiro atoms. The average Bonchev–Trinajstić information content (AvgIpc) is 3.20. The topological polar surface area (TPSA) is 51.0 Å². The van der Waals surface area contributed by atoms with E-state index in [9.17, 15) is 22.4 Å². The molecule has 1 amide bonds. The van der Waals surface area contributed by atoms with Crippen LogP contribution in [0.1, 0.15) is 24.1 Å². The van der Waals surface area contributed by atoms with Gasteiger partial charge in [-0.25, -0.2) is 9.07 Å². The van der Waals surface area contributed by atoms with Gasteiger partial charge in [0.25, 0.3) is 0 Å². The Balaban J connectivity index is 1.74. The second kappa shape index (κ2) is 6.33. The molecule has 1 saturated heterocycles. The van der Waals surface area contributed by atoms with E-state index in [0.717, 1.165) is 17.2 Å². The predicted octanol–water partition coefficient (Wildman–Crippen LogP) is 3.70. The van der Waals surface area contributed by atoms with Gasteiger partial charge < -0.3 is 4.90 Å². The first-order chi connectivity index (χ1) is 12.8. The highest BCUT2D eigenvalue weighted by Gasteiger charge is 2.37. The quantitative estimate of drug-likeness (QED) is 0.653. The van der Waals surface area contributed by atoms with Crippen LogP contribution < -0.4 is 0 Å². The molecule has 0 radical (unpaired) electrons. The summed E-state index contributed by atoms with van der Waals surface area (Å²) in [6.45, 7) is 0.713. The summed E-state index contributed by atoms with van der Waals surface area (Å²) in [6.07, 6.45) is -0.941. The van der Waals surface area contributed by atoms with Crippen molar-refractivity contribution >= 4 is 16.8 Å². The number of likely N-dealkylation sites (tertiary alicyclic amines) is 1. The van der Waals surface area contributed by atoms with E-state index < -0.39 is 17.7 Å². The van der Waals surface area contributed by atoms with Crippen LogP contribution in [0.4, 0.5) is 17.6 Å². The van der Waals surface area contributed by atoms with Crippen LogP contribution in [0.25, 0.3) is 16.6 Å².